The van der Waals surface area contributed by atoms with E-state index in [1.807, 2.05) is 13.8 Å². The van der Waals surface area contributed by atoms with Crippen LogP contribution in [0.25, 0.3) is 11.1 Å². The van der Waals surface area contributed by atoms with Gasteiger partial charge >= 0.3 is 5.76 Å². The number of rotatable bonds is 6. The van der Waals surface area contributed by atoms with Gasteiger partial charge in [-0.25, -0.2) is 13.2 Å². The molecule has 0 spiro atoms. The van der Waals surface area contributed by atoms with E-state index in [-0.39, 0.29) is 28.9 Å². The quantitative estimate of drug-likeness (QED) is 0.589. The van der Waals surface area contributed by atoms with Gasteiger partial charge in [0.1, 0.15) is 12.3 Å². The molecule has 0 unspecified atom stereocenters. The third-order valence-corrected chi connectivity index (χ3v) is 7.60. The van der Waals surface area contributed by atoms with Gasteiger partial charge in [0, 0.05) is 30.9 Å². The number of sulfonamides is 1. The van der Waals surface area contributed by atoms with E-state index in [4.69, 9.17) is 9.15 Å². The van der Waals surface area contributed by atoms with Gasteiger partial charge in [-0.2, -0.15) is 4.31 Å². The van der Waals surface area contributed by atoms with Crippen molar-refractivity contribution in [2.45, 2.75) is 31.7 Å². The Labute approximate surface area is 192 Å². The van der Waals surface area contributed by atoms with Gasteiger partial charge in [0.05, 0.1) is 17.5 Å². The molecule has 176 valence electrons. The normalized spacial score (nSPS) is 19.5. The molecule has 1 aliphatic heterocycles. The maximum absolute atomic E-state index is 13.2. The highest BCUT2D eigenvalue weighted by atomic mass is 32.2. The van der Waals surface area contributed by atoms with Gasteiger partial charge in [-0.05, 0) is 42.5 Å². The van der Waals surface area contributed by atoms with Gasteiger partial charge in [0.2, 0.25) is 15.9 Å². The third kappa shape index (κ3) is 4.81. The Morgan fingerprint density at radius 2 is 1.88 bits per heavy atom. The molecule has 1 N–H and O–H groups in total. The molecule has 2 atom stereocenters. The number of hydrogen-bond acceptors (Lipinski definition) is 6. The van der Waals surface area contributed by atoms with Crippen molar-refractivity contribution in [3.05, 3.63) is 53.0 Å². The van der Waals surface area contributed by atoms with Gasteiger partial charge < -0.3 is 14.5 Å². The van der Waals surface area contributed by atoms with Crippen LogP contribution in [0, 0.1) is 11.8 Å². The standard InChI is InChI=1S/C23H27N3O6S/c1-15-9-16(2)13-25(12-15)33(29,30)19-7-8-20-21(11-19)32-23(28)26(20)14-22(27)24-17-5-4-6-18(10-17)31-3/h4-8,10-11,15-16H,9,12-14H2,1-3H3,(H,24,27)/t15-,16-/m0/s1. The molecule has 0 bridgehead atoms. The highest BCUT2D eigenvalue weighted by Crippen LogP contribution is 2.28. The van der Waals surface area contributed by atoms with E-state index in [0.29, 0.717) is 30.0 Å². The van der Waals surface area contributed by atoms with E-state index in [9.17, 15) is 18.0 Å². The summed E-state index contributed by atoms with van der Waals surface area (Å²) in [6, 6.07) is 11.2. The number of amides is 1. The number of piperidine rings is 1. The maximum atomic E-state index is 13.2. The smallest absolute Gasteiger partial charge is 0.420 e. The average Bonchev–Trinajstić information content (AvgIpc) is 3.07. The Kier molecular flexibility index (Phi) is 6.31. The number of carbonyl (C=O) groups excluding carboxylic acids is 1. The van der Waals surface area contributed by atoms with Crippen LogP contribution in [0.3, 0.4) is 0 Å². The van der Waals surface area contributed by atoms with Crippen molar-refractivity contribution in [2.24, 2.45) is 11.8 Å². The van der Waals surface area contributed by atoms with Gasteiger partial charge in [-0.1, -0.05) is 19.9 Å². The van der Waals surface area contributed by atoms with Crippen LogP contribution >= 0.6 is 0 Å². The number of oxazole rings is 1. The minimum atomic E-state index is -3.72. The second kappa shape index (κ2) is 9.03. The van der Waals surface area contributed by atoms with Crippen LogP contribution in [0.2, 0.25) is 0 Å². The van der Waals surface area contributed by atoms with Gasteiger partial charge in [0.15, 0.2) is 5.58 Å². The van der Waals surface area contributed by atoms with Crippen LogP contribution in [-0.2, 0) is 21.4 Å². The fraction of sp³-hybridized carbons (Fsp3) is 0.391. The van der Waals surface area contributed by atoms with Crippen molar-refractivity contribution in [1.29, 1.82) is 0 Å². The molecule has 0 radical (unpaired) electrons. The van der Waals surface area contributed by atoms with E-state index >= 15 is 0 Å². The Bertz CT molecular complexity index is 1330. The number of fused-ring (bicyclic) bond motifs is 1. The van der Waals surface area contributed by atoms with Crippen molar-refractivity contribution in [3.8, 4) is 5.75 Å². The average molecular weight is 474 g/mol. The lowest BCUT2D eigenvalue weighted by Gasteiger charge is -2.34. The summed E-state index contributed by atoms with van der Waals surface area (Å²) in [7, 11) is -2.20. The number of hydrogen-bond donors (Lipinski definition) is 1. The molecule has 1 aliphatic rings. The summed E-state index contributed by atoms with van der Waals surface area (Å²) in [5, 5.41) is 2.71. The summed E-state index contributed by atoms with van der Waals surface area (Å²) in [6.45, 7) is 4.71. The molecule has 1 aromatic heterocycles. The SMILES string of the molecule is COc1cccc(NC(=O)Cn2c(=O)oc3cc(S(=O)(=O)N4C[C@@H](C)C[C@H](C)C4)ccc32)c1. The first-order chi connectivity index (χ1) is 15.7. The zero-order valence-corrected chi connectivity index (χ0v) is 19.6. The number of carbonyl (C=O) groups is 1. The molecule has 9 nitrogen and oxygen atoms in total. The lowest BCUT2D eigenvalue weighted by atomic mass is 9.94. The van der Waals surface area contributed by atoms with Crippen molar-refractivity contribution >= 4 is 32.7 Å². The summed E-state index contributed by atoms with van der Waals surface area (Å²) >= 11 is 0. The molecule has 1 amide bonds. The van der Waals surface area contributed by atoms with Crippen molar-refractivity contribution in [2.75, 3.05) is 25.5 Å². The first kappa shape index (κ1) is 23.1. The molecule has 0 aliphatic carbocycles. The summed E-state index contributed by atoms with van der Waals surface area (Å²) in [5.41, 5.74) is 0.993. The summed E-state index contributed by atoms with van der Waals surface area (Å²) in [4.78, 5) is 25.0. The van der Waals surface area contributed by atoms with Crippen molar-refractivity contribution in [3.63, 3.8) is 0 Å². The van der Waals surface area contributed by atoms with Crippen molar-refractivity contribution < 1.29 is 22.4 Å². The van der Waals surface area contributed by atoms with Crippen LogP contribution < -0.4 is 15.8 Å². The molecule has 10 heteroatoms. The van der Waals surface area contributed by atoms with Crippen LogP contribution in [0.4, 0.5) is 5.69 Å². The fourth-order valence-corrected chi connectivity index (χ4v) is 6.05. The van der Waals surface area contributed by atoms with Gasteiger partial charge in [0.25, 0.3) is 0 Å². The molecule has 2 aromatic carbocycles. The maximum Gasteiger partial charge on any atom is 0.420 e. The molecule has 1 saturated heterocycles. The monoisotopic (exact) mass is 473 g/mol. The largest absolute Gasteiger partial charge is 0.497 e. The second-order valence-electron chi connectivity index (χ2n) is 8.63. The van der Waals surface area contributed by atoms with Crippen molar-refractivity contribution in [1.82, 2.24) is 8.87 Å². The highest BCUT2D eigenvalue weighted by molar-refractivity contribution is 7.89. The first-order valence-electron chi connectivity index (χ1n) is 10.7. The molecule has 0 saturated carbocycles. The van der Waals surface area contributed by atoms with E-state index in [1.54, 1.807) is 24.3 Å². The Morgan fingerprint density at radius 1 is 1.15 bits per heavy atom. The molecule has 1 fully saturated rings. The third-order valence-electron chi connectivity index (χ3n) is 5.77. The van der Waals surface area contributed by atoms with Crippen LogP contribution in [0.5, 0.6) is 5.75 Å². The molecule has 33 heavy (non-hydrogen) atoms. The van der Waals surface area contributed by atoms with E-state index in [0.717, 1.165) is 6.42 Å². The van der Waals surface area contributed by atoms with E-state index < -0.39 is 21.7 Å². The molecule has 3 aromatic rings. The number of nitrogens with one attached hydrogen (secondary N) is 1. The lowest BCUT2D eigenvalue weighted by Crippen LogP contribution is -2.42. The first-order valence-corrected chi connectivity index (χ1v) is 12.2. The van der Waals surface area contributed by atoms with Gasteiger partial charge in [-0.3, -0.25) is 9.36 Å². The number of methoxy groups -OCH3 is 1. The minimum Gasteiger partial charge on any atom is -0.497 e. The fourth-order valence-electron chi connectivity index (χ4n) is 4.35. The topological polar surface area (TPSA) is 111 Å². The number of nitrogens with zero attached hydrogens (tertiary/aromatic N) is 2. The molecular weight excluding hydrogens is 446 g/mol. The molecular formula is C23H27N3O6S. The van der Waals surface area contributed by atoms with Crippen LogP contribution in [0.15, 0.2) is 56.6 Å². The van der Waals surface area contributed by atoms with E-state index in [2.05, 4.69) is 5.32 Å². The van der Waals surface area contributed by atoms with E-state index in [1.165, 1.54) is 34.2 Å². The van der Waals surface area contributed by atoms with Gasteiger partial charge in [-0.15, -0.1) is 0 Å². The minimum absolute atomic E-state index is 0.0676. The van der Waals surface area contributed by atoms with Crippen LogP contribution in [0.1, 0.15) is 20.3 Å². The zero-order chi connectivity index (χ0) is 23.8. The van der Waals surface area contributed by atoms with Crippen LogP contribution in [-0.4, -0.2) is 43.4 Å². The summed E-state index contributed by atoms with van der Waals surface area (Å²) in [5.74, 6) is -0.0321. The second-order valence-corrected chi connectivity index (χ2v) is 10.6. The number of anilines is 1. The molecule has 2 heterocycles. The number of aromatic nitrogens is 1. The summed E-state index contributed by atoms with van der Waals surface area (Å²) < 4.78 is 39.4. The highest BCUT2D eigenvalue weighted by Gasteiger charge is 2.32. The Hall–Kier alpha value is -3.11. The lowest BCUT2D eigenvalue weighted by molar-refractivity contribution is -0.116. The number of benzene rings is 2. The zero-order valence-electron chi connectivity index (χ0n) is 18.8. The predicted octanol–water partition coefficient (Wildman–Crippen LogP) is 2.91. The number of ether oxygens (including phenoxy) is 1. The molecule has 4 rings (SSSR count). The Morgan fingerprint density at radius 3 is 2.58 bits per heavy atom. The Balaban J connectivity index is 1.57. The summed E-state index contributed by atoms with van der Waals surface area (Å²) in [6.07, 6.45) is 0.987. The predicted molar refractivity (Wildman–Crippen MR) is 124 cm³/mol.